The van der Waals surface area contributed by atoms with Crippen molar-refractivity contribution in [3.63, 3.8) is 0 Å². The number of carbonyl (C=O) groups excluding carboxylic acids is 1. The Kier molecular flexibility index (Phi) is 7.68. The summed E-state index contributed by atoms with van der Waals surface area (Å²) in [4.78, 5) is 52.4. The van der Waals surface area contributed by atoms with Crippen molar-refractivity contribution < 1.29 is 27.9 Å². The summed E-state index contributed by atoms with van der Waals surface area (Å²) in [5.74, 6) is -1.07. The van der Waals surface area contributed by atoms with Gasteiger partial charge in [0.2, 0.25) is 5.95 Å². The maximum Gasteiger partial charge on any atom is 0.490 e. The summed E-state index contributed by atoms with van der Waals surface area (Å²) in [6.07, 6.45) is 0.908. The SMILES string of the molecule is O=C(O)C(F)(F)F.O=C(c1ccc(Nc2nccc(-c3ccc4nc(C5CC5)[nH]c(=O)c4c3)n2)cc1)N1CCCC1. The van der Waals surface area contributed by atoms with E-state index < -0.39 is 12.1 Å². The van der Waals surface area contributed by atoms with E-state index in [1.54, 1.807) is 6.20 Å². The number of carboxylic acid groups (broad SMARTS) is 1. The maximum absolute atomic E-state index is 12.6. The Hall–Kier alpha value is -4.81. The van der Waals surface area contributed by atoms with Crippen LogP contribution in [0.2, 0.25) is 0 Å². The zero-order valence-electron chi connectivity index (χ0n) is 21.6. The molecule has 1 aliphatic heterocycles. The Balaban J connectivity index is 0.000000431. The van der Waals surface area contributed by atoms with Crippen LogP contribution in [0.1, 0.15) is 47.8 Å². The Labute approximate surface area is 231 Å². The lowest BCUT2D eigenvalue weighted by molar-refractivity contribution is -0.192. The van der Waals surface area contributed by atoms with Crippen molar-refractivity contribution in [2.24, 2.45) is 0 Å². The molecule has 2 fully saturated rings. The number of aromatic nitrogens is 4. The fraction of sp³-hybridized carbons (Fsp3) is 0.286. The summed E-state index contributed by atoms with van der Waals surface area (Å²) in [6, 6.07) is 14.8. The summed E-state index contributed by atoms with van der Waals surface area (Å²) < 4.78 is 31.7. The molecule has 41 heavy (non-hydrogen) atoms. The van der Waals surface area contributed by atoms with Crippen molar-refractivity contribution in [3.05, 3.63) is 76.5 Å². The van der Waals surface area contributed by atoms with Crippen LogP contribution >= 0.6 is 0 Å². The van der Waals surface area contributed by atoms with E-state index in [1.807, 2.05) is 53.4 Å². The highest BCUT2D eigenvalue weighted by Crippen LogP contribution is 2.38. The second kappa shape index (κ2) is 11.4. The van der Waals surface area contributed by atoms with Gasteiger partial charge in [-0.3, -0.25) is 9.59 Å². The lowest BCUT2D eigenvalue weighted by Crippen LogP contribution is -2.27. The third-order valence-corrected chi connectivity index (χ3v) is 6.66. The van der Waals surface area contributed by atoms with Gasteiger partial charge in [-0.25, -0.2) is 19.7 Å². The molecule has 6 rings (SSSR count). The van der Waals surface area contributed by atoms with Crippen molar-refractivity contribution in [2.45, 2.75) is 37.8 Å². The average molecular weight is 567 g/mol. The molecule has 10 nitrogen and oxygen atoms in total. The standard InChI is InChI=1S/C26H24N6O2.C2HF3O2/c33-24-20-15-18(7-10-22(20)29-23(31-24)16-3-4-16)21-11-12-27-26(30-21)28-19-8-5-17(6-9-19)25(34)32-13-1-2-14-32;3-2(4,5)1(6)7/h5-12,15-16H,1-4,13-14H2,(H,27,28,30)(H,29,31,33);(H,6,7). The molecule has 0 atom stereocenters. The number of halogens is 3. The smallest absolute Gasteiger partial charge is 0.475 e. The fourth-order valence-electron chi connectivity index (χ4n) is 4.37. The third-order valence-electron chi connectivity index (χ3n) is 6.66. The van der Waals surface area contributed by atoms with E-state index in [2.05, 4.69) is 25.3 Å². The molecule has 4 aromatic rings. The zero-order chi connectivity index (χ0) is 29.1. The van der Waals surface area contributed by atoms with Gasteiger partial charge in [0.15, 0.2) is 0 Å². The Morgan fingerprint density at radius 3 is 2.32 bits per heavy atom. The largest absolute Gasteiger partial charge is 0.490 e. The molecule has 212 valence electrons. The van der Waals surface area contributed by atoms with Gasteiger partial charge in [0, 0.05) is 42.0 Å². The van der Waals surface area contributed by atoms with Gasteiger partial charge in [0.05, 0.1) is 16.6 Å². The van der Waals surface area contributed by atoms with E-state index in [1.165, 1.54) is 0 Å². The number of aromatic amines is 1. The molecule has 1 aliphatic carbocycles. The van der Waals surface area contributed by atoms with Crippen LogP contribution in [0.5, 0.6) is 0 Å². The lowest BCUT2D eigenvalue weighted by atomic mass is 10.1. The quantitative estimate of drug-likeness (QED) is 0.311. The van der Waals surface area contributed by atoms with Crippen LogP contribution in [-0.2, 0) is 4.79 Å². The summed E-state index contributed by atoms with van der Waals surface area (Å²) in [5.41, 5.74) is 3.57. The van der Waals surface area contributed by atoms with Crippen molar-refractivity contribution in [2.75, 3.05) is 18.4 Å². The number of hydrogen-bond donors (Lipinski definition) is 3. The highest BCUT2D eigenvalue weighted by Gasteiger charge is 2.38. The number of H-pyrrole nitrogens is 1. The number of amides is 1. The highest BCUT2D eigenvalue weighted by molar-refractivity contribution is 5.94. The molecule has 1 saturated heterocycles. The van der Waals surface area contributed by atoms with Crippen molar-refractivity contribution in [3.8, 4) is 11.3 Å². The number of carboxylic acids is 1. The van der Waals surface area contributed by atoms with Gasteiger partial charge < -0.3 is 20.3 Å². The van der Waals surface area contributed by atoms with E-state index in [0.29, 0.717) is 34.0 Å². The Morgan fingerprint density at radius 1 is 1.00 bits per heavy atom. The first-order chi connectivity index (χ1) is 19.6. The predicted octanol–water partition coefficient (Wildman–Crippen LogP) is 4.87. The minimum atomic E-state index is -5.08. The minimum Gasteiger partial charge on any atom is -0.475 e. The van der Waals surface area contributed by atoms with Crippen LogP contribution in [0, 0.1) is 0 Å². The molecule has 1 saturated carbocycles. The van der Waals surface area contributed by atoms with Gasteiger partial charge in [-0.2, -0.15) is 13.2 Å². The molecule has 2 aliphatic rings. The molecule has 0 spiro atoms. The Morgan fingerprint density at radius 2 is 1.68 bits per heavy atom. The molecular weight excluding hydrogens is 541 g/mol. The highest BCUT2D eigenvalue weighted by atomic mass is 19.4. The first-order valence-corrected chi connectivity index (χ1v) is 12.9. The lowest BCUT2D eigenvalue weighted by Gasteiger charge is -2.15. The van der Waals surface area contributed by atoms with Gasteiger partial charge in [-0.05, 0) is 68.1 Å². The molecule has 3 N–H and O–H groups in total. The number of likely N-dealkylation sites (tertiary alicyclic amines) is 1. The van der Waals surface area contributed by atoms with Crippen LogP contribution in [0.4, 0.5) is 24.8 Å². The van der Waals surface area contributed by atoms with Gasteiger partial charge in [-0.1, -0.05) is 6.07 Å². The number of alkyl halides is 3. The summed E-state index contributed by atoms with van der Waals surface area (Å²) in [5, 5.41) is 10.9. The fourth-order valence-corrected chi connectivity index (χ4v) is 4.37. The second-order valence-corrected chi connectivity index (χ2v) is 9.73. The molecule has 2 aromatic carbocycles. The summed E-state index contributed by atoms with van der Waals surface area (Å²) >= 11 is 0. The number of anilines is 2. The molecule has 1 amide bonds. The number of nitrogens with zero attached hydrogens (tertiary/aromatic N) is 4. The molecule has 0 bridgehead atoms. The van der Waals surface area contributed by atoms with Crippen LogP contribution < -0.4 is 10.9 Å². The van der Waals surface area contributed by atoms with Crippen molar-refractivity contribution in [1.29, 1.82) is 0 Å². The second-order valence-electron chi connectivity index (χ2n) is 9.73. The zero-order valence-corrected chi connectivity index (χ0v) is 21.6. The van der Waals surface area contributed by atoms with E-state index in [-0.39, 0.29) is 11.5 Å². The molecule has 0 radical (unpaired) electrons. The summed E-state index contributed by atoms with van der Waals surface area (Å²) in [6.45, 7) is 1.66. The first-order valence-electron chi connectivity index (χ1n) is 12.9. The first kappa shape index (κ1) is 27.7. The molecule has 0 unspecified atom stereocenters. The van der Waals surface area contributed by atoms with Crippen molar-refractivity contribution >= 4 is 34.4 Å². The van der Waals surface area contributed by atoms with Gasteiger partial charge in [0.1, 0.15) is 5.82 Å². The number of rotatable bonds is 5. The monoisotopic (exact) mass is 566 g/mol. The van der Waals surface area contributed by atoms with Gasteiger partial charge >= 0.3 is 12.1 Å². The molecule has 13 heteroatoms. The molecule has 2 aromatic heterocycles. The normalized spacial score (nSPS) is 14.9. The van der Waals surface area contributed by atoms with Gasteiger partial charge in [-0.15, -0.1) is 0 Å². The van der Waals surface area contributed by atoms with E-state index in [0.717, 1.165) is 55.8 Å². The Bertz CT molecular complexity index is 1650. The predicted molar refractivity (Wildman–Crippen MR) is 144 cm³/mol. The van der Waals surface area contributed by atoms with Crippen LogP contribution in [0.3, 0.4) is 0 Å². The van der Waals surface area contributed by atoms with Crippen LogP contribution in [0.25, 0.3) is 22.2 Å². The van der Waals surface area contributed by atoms with E-state index >= 15 is 0 Å². The topological polar surface area (TPSA) is 141 Å². The average Bonchev–Trinajstić information content (AvgIpc) is 3.66. The van der Waals surface area contributed by atoms with E-state index in [4.69, 9.17) is 9.90 Å². The van der Waals surface area contributed by atoms with Crippen LogP contribution in [0.15, 0.2) is 59.5 Å². The van der Waals surface area contributed by atoms with Gasteiger partial charge in [0.25, 0.3) is 11.5 Å². The number of hydrogen-bond acceptors (Lipinski definition) is 7. The number of carbonyl (C=O) groups is 2. The number of fused-ring (bicyclic) bond motifs is 1. The summed E-state index contributed by atoms with van der Waals surface area (Å²) in [7, 11) is 0. The van der Waals surface area contributed by atoms with E-state index in [9.17, 15) is 22.8 Å². The minimum absolute atomic E-state index is 0.0762. The molecular formula is C28H25F3N6O4. The number of aliphatic carboxylic acids is 1. The third kappa shape index (κ3) is 6.68. The number of benzene rings is 2. The molecule has 3 heterocycles. The number of nitrogens with one attached hydrogen (secondary N) is 2. The van der Waals surface area contributed by atoms with Crippen molar-refractivity contribution in [1.82, 2.24) is 24.8 Å². The maximum atomic E-state index is 12.6. The van der Waals surface area contributed by atoms with Crippen LogP contribution in [-0.4, -0.2) is 61.1 Å².